The van der Waals surface area contributed by atoms with Crippen LogP contribution in [0.3, 0.4) is 0 Å². The third-order valence-corrected chi connectivity index (χ3v) is 4.24. The van der Waals surface area contributed by atoms with Gasteiger partial charge in [0.2, 0.25) is 16.9 Å². The Kier molecular flexibility index (Phi) is 2.85. The highest BCUT2D eigenvalue weighted by Crippen LogP contribution is 2.37. The van der Waals surface area contributed by atoms with Crippen LogP contribution in [0.25, 0.3) is 5.13 Å². The molecule has 2 heterocycles. The van der Waals surface area contributed by atoms with Crippen molar-refractivity contribution in [3.05, 3.63) is 16.1 Å². The molecule has 5 nitrogen and oxygen atoms in total. The molecule has 6 heteroatoms. The molecule has 0 saturated carbocycles. The van der Waals surface area contributed by atoms with Crippen molar-refractivity contribution in [2.24, 2.45) is 0 Å². The second-order valence-corrected chi connectivity index (χ2v) is 6.33. The van der Waals surface area contributed by atoms with Crippen LogP contribution in [0.1, 0.15) is 36.9 Å². The Morgan fingerprint density at radius 3 is 1.89 bits per heavy atom. The van der Waals surface area contributed by atoms with Gasteiger partial charge >= 0.3 is 0 Å². The van der Waals surface area contributed by atoms with Crippen molar-refractivity contribution in [2.45, 2.75) is 40.0 Å². The van der Waals surface area contributed by atoms with E-state index < -0.39 is 0 Å². The van der Waals surface area contributed by atoms with Crippen molar-refractivity contribution in [1.29, 1.82) is 0 Å². The number of hydrogen-bond donors (Lipinski definition) is 2. The van der Waals surface area contributed by atoms with Crippen molar-refractivity contribution in [3.63, 3.8) is 0 Å². The Morgan fingerprint density at radius 1 is 1.00 bits per heavy atom. The van der Waals surface area contributed by atoms with Gasteiger partial charge in [0.15, 0.2) is 0 Å². The van der Waals surface area contributed by atoms with Gasteiger partial charge in [-0.15, -0.1) is 10.2 Å². The van der Waals surface area contributed by atoms with Gasteiger partial charge in [0.05, 0.1) is 0 Å². The lowest BCUT2D eigenvalue weighted by molar-refractivity contribution is 0.399. The van der Waals surface area contributed by atoms with E-state index in [0.29, 0.717) is 16.3 Å². The van der Waals surface area contributed by atoms with Gasteiger partial charge in [-0.2, -0.15) is 0 Å². The summed E-state index contributed by atoms with van der Waals surface area (Å²) in [5.41, 5.74) is 1.21. The summed E-state index contributed by atoms with van der Waals surface area (Å²) in [7, 11) is 0. The van der Waals surface area contributed by atoms with Crippen LogP contribution in [0.15, 0.2) is 0 Å². The first-order valence-corrected chi connectivity index (χ1v) is 6.49. The van der Waals surface area contributed by atoms with Gasteiger partial charge in [0, 0.05) is 16.5 Å². The Bertz CT molecular complexity index is 568. The monoisotopic (exact) mass is 267 g/mol. The van der Waals surface area contributed by atoms with E-state index >= 15 is 0 Å². The number of aromatic nitrogens is 3. The normalized spacial score (nSPS) is 12.1. The summed E-state index contributed by atoms with van der Waals surface area (Å²) < 4.78 is 1.33. The summed E-state index contributed by atoms with van der Waals surface area (Å²) in [5, 5.41) is 29.5. The first kappa shape index (κ1) is 12.9. The first-order valence-electron chi connectivity index (χ1n) is 5.67. The van der Waals surface area contributed by atoms with Crippen LogP contribution in [0, 0.1) is 13.8 Å². The van der Waals surface area contributed by atoms with E-state index in [1.807, 2.05) is 20.8 Å². The topological polar surface area (TPSA) is 71.2 Å². The highest BCUT2D eigenvalue weighted by molar-refractivity contribution is 7.13. The lowest BCUT2D eigenvalue weighted by Gasteiger charge is -2.12. The van der Waals surface area contributed by atoms with Crippen molar-refractivity contribution in [1.82, 2.24) is 14.8 Å². The molecule has 0 unspecified atom stereocenters. The molecule has 0 fully saturated rings. The van der Waals surface area contributed by atoms with Gasteiger partial charge < -0.3 is 10.2 Å². The zero-order valence-electron chi connectivity index (χ0n) is 11.1. The molecule has 0 spiro atoms. The summed E-state index contributed by atoms with van der Waals surface area (Å²) in [6.45, 7) is 9.65. The van der Waals surface area contributed by atoms with Gasteiger partial charge in [-0.3, -0.25) is 0 Å². The van der Waals surface area contributed by atoms with Crippen LogP contribution in [-0.4, -0.2) is 25.0 Å². The fourth-order valence-corrected chi connectivity index (χ4v) is 2.47. The second-order valence-electron chi connectivity index (χ2n) is 5.37. The molecule has 0 aliphatic heterocycles. The summed E-state index contributed by atoms with van der Waals surface area (Å²) in [4.78, 5) is 0. The Morgan fingerprint density at radius 2 is 1.50 bits per heavy atom. The maximum absolute atomic E-state index is 10.0. The predicted molar refractivity (Wildman–Crippen MR) is 70.7 cm³/mol. The highest BCUT2D eigenvalue weighted by atomic mass is 32.1. The van der Waals surface area contributed by atoms with Crippen LogP contribution in [0.2, 0.25) is 0 Å². The van der Waals surface area contributed by atoms with Crippen molar-refractivity contribution in [2.75, 3.05) is 0 Å². The van der Waals surface area contributed by atoms with Gasteiger partial charge in [0.25, 0.3) is 0 Å². The molecule has 2 aromatic rings. The van der Waals surface area contributed by atoms with E-state index in [2.05, 4.69) is 10.2 Å². The lowest BCUT2D eigenvalue weighted by atomic mass is 9.98. The maximum atomic E-state index is 10.0. The Hall–Kier alpha value is -1.56. The van der Waals surface area contributed by atoms with Crippen LogP contribution in [-0.2, 0) is 5.41 Å². The van der Waals surface area contributed by atoms with E-state index in [1.165, 1.54) is 15.9 Å². The van der Waals surface area contributed by atoms with E-state index in [-0.39, 0.29) is 17.2 Å². The smallest absolute Gasteiger partial charge is 0.222 e. The highest BCUT2D eigenvalue weighted by Gasteiger charge is 2.24. The molecule has 0 aliphatic carbocycles. The standard InChI is InChI=1S/C12H17N3O2S/c1-6-7(2)9(17)15(8(6)16)11-14-13-10(18-11)12(3,4)5/h16-17H,1-5H3. The van der Waals surface area contributed by atoms with Crippen LogP contribution in [0.5, 0.6) is 11.8 Å². The largest absolute Gasteiger partial charge is 0.494 e. The van der Waals surface area contributed by atoms with E-state index in [1.54, 1.807) is 13.8 Å². The molecule has 0 aromatic carbocycles. The van der Waals surface area contributed by atoms with Gasteiger partial charge in [-0.05, 0) is 13.8 Å². The zero-order valence-corrected chi connectivity index (χ0v) is 12.0. The second kappa shape index (κ2) is 3.98. The zero-order chi connectivity index (χ0) is 13.7. The van der Waals surface area contributed by atoms with E-state index in [0.717, 1.165) is 5.01 Å². The summed E-state index contributed by atoms with van der Waals surface area (Å²) >= 11 is 1.36. The van der Waals surface area contributed by atoms with Crippen molar-refractivity contribution < 1.29 is 10.2 Å². The summed E-state index contributed by atoms with van der Waals surface area (Å²) in [6.07, 6.45) is 0. The lowest BCUT2D eigenvalue weighted by Crippen LogP contribution is -2.10. The van der Waals surface area contributed by atoms with Crippen LogP contribution < -0.4 is 0 Å². The van der Waals surface area contributed by atoms with E-state index in [4.69, 9.17) is 0 Å². The fraction of sp³-hybridized carbons (Fsp3) is 0.500. The molecule has 18 heavy (non-hydrogen) atoms. The van der Waals surface area contributed by atoms with Crippen molar-refractivity contribution >= 4 is 11.3 Å². The van der Waals surface area contributed by atoms with Gasteiger partial charge in [0.1, 0.15) is 5.01 Å². The summed E-state index contributed by atoms with van der Waals surface area (Å²) in [5.74, 6) is 0.0308. The predicted octanol–water partition coefficient (Wildman–Crippen LogP) is 2.65. The molecular weight excluding hydrogens is 250 g/mol. The first-order chi connectivity index (χ1) is 8.23. The minimum Gasteiger partial charge on any atom is -0.494 e. The minimum absolute atomic E-state index is 0.0154. The minimum atomic E-state index is -0.0988. The van der Waals surface area contributed by atoms with Crippen LogP contribution >= 0.6 is 11.3 Å². The molecule has 2 rings (SSSR count). The molecule has 0 atom stereocenters. The molecule has 0 aliphatic rings. The maximum Gasteiger partial charge on any atom is 0.222 e. The Labute approximate surface area is 110 Å². The molecule has 0 saturated heterocycles. The average Bonchev–Trinajstić information content (AvgIpc) is 2.81. The third-order valence-electron chi connectivity index (χ3n) is 2.90. The Balaban J connectivity index is 2.57. The molecular formula is C12H17N3O2S. The molecule has 2 aromatic heterocycles. The van der Waals surface area contributed by atoms with Crippen LogP contribution in [0.4, 0.5) is 0 Å². The van der Waals surface area contributed by atoms with Crippen molar-refractivity contribution in [3.8, 4) is 16.9 Å². The summed E-state index contributed by atoms with van der Waals surface area (Å²) in [6, 6.07) is 0. The number of aromatic hydroxyl groups is 2. The number of nitrogens with zero attached hydrogens (tertiary/aromatic N) is 3. The van der Waals surface area contributed by atoms with Gasteiger partial charge in [-0.1, -0.05) is 32.1 Å². The molecule has 2 N–H and O–H groups in total. The number of hydrogen-bond acceptors (Lipinski definition) is 5. The fourth-order valence-electron chi connectivity index (χ4n) is 1.56. The van der Waals surface area contributed by atoms with Gasteiger partial charge in [-0.25, -0.2) is 4.57 Å². The SMILES string of the molecule is Cc1c(C)c(O)n(-c2nnc(C(C)(C)C)s2)c1O. The molecule has 0 amide bonds. The van der Waals surface area contributed by atoms with E-state index in [9.17, 15) is 10.2 Å². The molecule has 98 valence electrons. The average molecular weight is 267 g/mol. The molecule has 0 radical (unpaired) electrons. The number of rotatable bonds is 1. The quantitative estimate of drug-likeness (QED) is 0.833. The molecule has 0 bridgehead atoms. The third kappa shape index (κ3) is 1.86.